The molecule has 57 heavy (non-hydrogen) atoms. The van der Waals surface area contributed by atoms with Crippen LogP contribution in [0.3, 0.4) is 0 Å². The summed E-state index contributed by atoms with van der Waals surface area (Å²) in [4.78, 5) is 56.1. The van der Waals surface area contributed by atoms with Gasteiger partial charge in [-0.15, -0.1) is 0 Å². The van der Waals surface area contributed by atoms with Crippen LogP contribution in [0.15, 0.2) is 109 Å². The molecule has 0 fully saturated rings. The maximum Gasteiger partial charge on any atom is 0.266 e. The zero-order valence-corrected chi connectivity index (χ0v) is 34.1. The van der Waals surface area contributed by atoms with E-state index in [0.717, 1.165) is 24.0 Å². The zero-order chi connectivity index (χ0) is 40.9. The quantitative estimate of drug-likeness (QED) is 0.111. The highest BCUT2D eigenvalue weighted by Crippen LogP contribution is 2.39. The smallest absolute Gasteiger partial charge is 0.266 e. The summed E-state index contributed by atoms with van der Waals surface area (Å²) in [6.07, 6.45) is 3.34. The van der Waals surface area contributed by atoms with Crippen LogP contribution in [-0.2, 0) is 10.8 Å². The Labute approximate surface area is 335 Å². The number of imide groups is 2. The molecule has 7 rings (SSSR count). The van der Waals surface area contributed by atoms with Crippen LogP contribution in [0.2, 0.25) is 0 Å². The van der Waals surface area contributed by atoms with Gasteiger partial charge in [0, 0.05) is 11.0 Å². The van der Waals surface area contributed by atoms with E-state index in [4.69, 9.17) is 9.47 Å². The van der Waals surface area contributed by atoms with E-state index in [1.54, 1.807) is 36.4 Å². The molecule has 2 heterocycles. The normalized spacial score (nSPS) is 14.3. The van der Waals surface area contributed by atoms with Crippen molar-refractivity contribution in [3.05, 3.63) is 148 Å². The van der Waals surface area contributed by atoms with Crippen molar-refractivity contribution in [1.82, 2.24) is 4.90 Å². The van der Waals surface area contributed by atoms with E-state index in [-0.39, 0.29) is 34.5 Å². The number of carbonyl (C=O) groups is 4. The average Bonchev–Trinajstić information content (AvgIpc) is 3.63. The maximum absolute atomic E-state index is 13.5. The summed E-state index contributed by atoms with van der Waals surface area (Å²) in [5.74, 6) is 0.917. The molecule has 8 heteroatoms. The number of rotatable bonds is 13. The zero-order valence-electron chi connectivity index (χ0n) is 34.1. The van der Waals surface area contributed by atoms with Crippen molar-refractivity contribution in [3.63, 3.8) is 0 Å². The van der Waals surface area contributed by atoms with Gasteiger partial charge in [-0.1, -0.05) is 84.9 Å². The molecule has 5 aromatic carbocycles. The molecule has 0 saturated heterocycles. The summed E-state index contributed by atoms with van der Waals surface area (Å²) in [6.45, 7) is 16.8. The lowest BCUT2D eigenvalue weighted by atomic mass is 9.78. The second-order valence-corrected chi connectivity index (χ2v) is 16.2. The Hall–Kier alpha value is -6.02. The molecule has 2 aliphatic rings. The van der Waals surface area contributed by atoms with Crippen molar-refractivity contribution in [3.8, 4) is 23.0 Å². The number of hydrogen-bond acceptors (Lipinski definition) is 6. The summed E-state index contributed by atoms with van der Waals surface area (Å²) in [5, 5.41) is 0. The molecule has 0 bridgehead atoms. The van der Waals surface area contributed by atoms with Crippen molar-refractivity contribution >= 4 is 29.3 Å². The topological polar surface area (TPSA) is 93.2 Å². The van der Waals surface area contributed by atoms with Gasteiger partial charge in [0.1, 0.15) is 23.0 Å². The third-order valence-corrected chi connectivity index (χ3v) is 12.8. The average molecular weight is 763 g/mol. The molecule has 0 aliphatic carbocycles. The molecule has 0 N–H and O–H groups in total. The summed E-state index contributed by atoms with van der Waals surface area (Å²) in [5.41, 5.74) is 4.45. The first-order chi connectivity index (χ1) is 27.2. The van der Waals surface area contributed by atoms with Gasteiger partial charge in [-0.25, -0.2) is 4.90 Å². The predicted octanol–water partition coefficient (Wildman–Crippen LogP) is 11.7. The van der Waals surface area contributed by atoms with Crippen molar-refractivity contribution in [1.29, 1.82) is 0 Å². The van der Waals surface area contributed by atoms with Gasteiger partial charge in [-0.2, -0.15) is 0 Å². The highest BCUT2D eigenvalue weighted by Gasteiger charge is 2.45. The van der Waals surface area contributed by atoms with Crippen LogP contribution < -0.4 is 14.4 Å². The second kappa shape index (κ2) is 14.8. The van der Waals surface area contributed by atoms with Crippen molar-refractivity contribution in [2.24, 2.45) is 0 Å². The first-order valence-corrected chi connectivity index (χ1v) is 19.9. The molecule has 0 spiro atoms. The molecule has 4 amide bonds. The van der Waals surface area contributed by atoms with E-state index in [0.29, 0.717) is 63.8 Å². The van der Waals surface area contributed by atoms with Gasteiger partial charge in [0.15, 0.2) is 0 Å². The number of benzene rings is 5. The van der Waals surface area contributed by atoms with Gasteiger partial charge < -0.3 is 9.47 Å². The Bertz CT molecular complexity index is 2370. The minimum Gasteiger partial charge on any atom is -0.457 e. The first kappa shape index (κ1) is 39.2. The summed E-state index contributed by atoms with van der Waals surface area (Å²) < 4.78 is 12.3. The van der Waals surface area contributed by atoms with Crippen LogP contribution in [0, 0.1) is 0 Å². The number of hydrogen-bond donors (Lipinski definition) is 0. The fraction of sp³-hybridized carbons (Fsp3) is 0.306. The van der Waals surface area contributed by atoms with Gasteiger partial charge in [0.05, 0.1) is 27.9 Å². The van der Waals surface area contributed by atoms with E-state index < -0.39 is 5.54 Å². The predicted molar refractivity (Wildman–Crippen MR) is 223 cm³/mol. The van der Waals surface area contributed by atoms with Crippen molar-refractivity contribution in [2.45, 2.75) is 97.4 Å². The third-order valence-electron chi connectivity index (χ3n) is 12.8. The molecule has 8 nitrogen and oxygen atoms in total. The molecule has 292 valence electrons. The van der Waals surface area contributed by atoms with Crippen LogP contribution >= 0.6 is 0 Å². The lowest BCUT2D eigenvalue weighted by Gasteiger charge is -2.35. The van der Waals surface area contributed by atoms with Gasteiger partial charge in [-0.05, 0) is 128 Å². The van der Waals surface area contributed by atoms with E-state index in [9.17, 15) is 19.2 Å². The first-order valence-electron chi connectivity index (χ1n) is 19.9. The SMILES string of the molecule is CCC(C)(CC)c1ccc(N2C(=O)c3ccc(Oc4ccc(C(C)(C)c5ccc(Oc6ccc7c(c6)C(=O)N(C(C)(CC)CC)C7=O)cc5)cc4)cc3C2=O)cc1. The fourth-order valence-corrected chi connectivity index (χ4v) is 7.85. The number of carbonyl (C=O) groups excluding carboxylic acids is 4. The number of ether oxygens (including phenoxy) is 2. The number of nitrogens with zero attached hydrogens (tertiary/aromatic N) is 2. The monoisotopic (exact) mass is 762 g/mol. The van der Waals surface area contributed by atoms with Crippen LogP contribution in [-0.4, -0.2) is 34.1 Å². The van der Waals surface area contributed by atoms with Crippen molar-refractivity contribution < 1.29 is 28.7 Å². The minimum absolute atomic E-state index is 0.0389. The molecule has 0 aromatic heterocycles. The van der Waals surface area contributed by atoms with Crippen LogP contribution in [0.4, 0.5) is 5.69 Å². The highest BCUT2D eigenvalue weighted by atomic mass is 16.5. The lowest BCUT2D eigenvalue weighted by molar-refractivity contribution is 0.0434. The summed E-state index contributed by atoms with van der Waals surface area (Å²) in [7, 11) is 0. The molecule has 0 radical (unpaired) electrons. The van der Waals surface area contributed by atoms with E-state index >= 15 is 0 Å². The van der Waals surface area contributed by atoms with Crippen LogP contribution in [0.25, 0.3) is 0 Å². The Morgan fingerprint density at radius 2 is 0.825 bits per heavy atom. The summed E-state index contributed by atoms with van der Waals surface area (Å²) >= 11 is 0. The Balaban J connectivity index is 1.01. The molecule has 0 saturated carbocycles. The summed E-state index contributed by atoms with van der Waals surface area (Å²) in [6, 6.07) is 33.5. The van der Waals surface area contributed by atoms with Crippen LogP contribution in [0.1, 0.15) is 139 Å². The molecule has 0 atom stereocenters. The second-order valence-electron chi connectivity index (χ2n) is 16.2. The van der Waals surface area contributed by atoms with Gasteiger partial charge in [0.2, 0.25) is 0 Å². The largest absolute Gasteiger partial charge is 0.457 e. The molecule has 2 aliphatic heterocycles. The molecular formula is C49H50N2O6. The van der Waals surface area contributed by atoms with Gasteiger partial charge in [0.25, 0.3) is 23.6 Å². The van der Waals surface area contributed by atoms with E-state index in [1.807, 2.05) is 93.6 Å². The maximum atomic E-state index is 13.5. The Kier molecular flexibility index (Phi) is 10.2. The van der Waals surface area contributed by atoms with Crippen LogP contribution in [0.5, 0.6) is 23.0 Å². The molecular weight excluding hydrogens is 713 g/mol. The highest BCUT2D eigenvalue weighted by molar-refractivity contribution is 6.34. The lowest BCUT2D eigenvalue weighted by Crippen LogP contribution is -2.48. The minimum atomic E-state index is -0.542. The van der Waals surface area contributed by atoms with E-state index in [2.05, 4.69) is 34.6 Å². The number of anilines is 1. The third kappa shape index (κ3) is 6.81. The van der Waals surface area contributed by atoms with Gasteiger partial charge in [-0.3, -0.25) is 24.1 Å². The molecule has 0 unspecified atom stereocenters. The Morgan fingerprint density at radius 3 is 1.28 bits per heavy atom. The number of fused-ring (bicyclic) bond motifs is 2. The van der Waals surface area contributed by atoms with Crippen molar-refractivity contribution in [2.75, 3.05) is 4.90 Å². The van der Waals surface area contributed by atoms with E-state index in [1.165, 1.54) is 15.4 Å². The van der Waals surface area contributed by atoms with Gasteiger partial charge >= 0.3 is 0 Å². The fourth-order valence-electron chi connectivity index (χ4n) is 7.85. The molecule has 5 aromatic rings. The Morgan fingerprint density at radius 1 is 0.439 bits per heavy atom. The standard InChI is InChI=1S/C49H50N2O6/c1-9-48(7,10-2)33-13-19-34(20-14-33)50-43(52)39-27-25-37(29-41(39)44(50)53)56-35-21-15-31(16-22-35)47(5,6)32-17-23-36(24-18-32)57-38-26-28-40-42(30-38)46(55)51(45(40)54)49(8,11-3)12-4/h13-30H,9-12H2,1-8H3. The number of amides is 4.